The van der Waals surface area contributed by atoms with E-state index in [9.17, 15) is 4.79 Å². The number of methoxy groups -OCH3 is 1. The quantitative estimate of drug-likeness (QED) is 0.568. The van der Waals surface area contributed by atoms with Crippen LogP contribution in [0.1, 0.15) is 10.4 Å². The second-order valence-electron chi connectivity index (χ2n) is 2.64. The van der Waals surface area contributed by atoms with Crippen molar-refractivity contribution >= 4 is 11.7 Å². The highest BCUT2D eigenvalue weighted by molar-refractivity contribution is 5.89. The summed E-state index contributed by atoms with van der Waals surface area (Å²) < 4.78 is 4.53. The van der Waals surface area contributed by atoms with Gasteiger partial charge in [-0.15, -0.1) is 0 Å². The number of hydrogen-bond acceptors (Lipinski definition) is 4. The fourth-order valence-corrected chi connectivity index (χ4v) is 0.974. The van der Waals surface area contributed by atoms with Crippen LogP contribution in [0, 0.1) is 0 Å². The molecule has 0 atom stereocenters. The van der Waals surface area contributed by atoms with E-state index in [4.69, 9.17) is 5.11 Å². The number of aliphatic hydroxyl groups is 1. The van der Waals surface area contributed by atoms with Crippen LogP contribution in [-0.2, 0) is 4.74 Å². The molecular weight excluding hydrogens is 182 g/mol. The number of rotatable bonds is 3. The predicted molar refractivity (Wildman–Crippen MR) is 53.2 cm³/mol. The second-order valence-corrected chi connectivity index (χ2v) is 2.64. The Hall–Kier alpha value is -1.97. The first-order valence-corrected chi connectivity index (χ1v) is 3.97. The summed E-state index contributed by atoms with van der Waals surface area (Å²) in [5.74, 6) is -0.532. The van der Waals surface area contributed by atoms with Gasteiger partial charge in [-0.05, 0) is 30.8 Å². The molecule has 1 rings (SSSR count). The zero-order chi connectivity index (χ0) is 10.6. The van der Waals surface area contributed by atoms with Crippen LogP contribution in [0.15, 0.2) is 36.7 Å². The molecule has 0 aliphatic rings. The monoisotopic (exact) mass is 193 g/mol. The Morgan fingerprint density at radius 1 is 1.43 bits per heavy atom. The van der Waals surface area contributed by atoms with Crippen LogP contribution in [-0.4, -0.2) is 18.2 Å². The van der Waals surface area contributed by atoms with Crippen molar-refractivity contribution in [3.8, 4) is 0 Å². The van der Waals surface area contributed by atoms with Gasteiger partial charge in [0.1, 0.15) is 0 Å². The third-order valence-corrected chi connectivity index (χ3v) is 1.59. The van der Waals surface area contributed by atoms with Crippen LogP contribution in [0.25, 0.3) is 0 Å². The molecule has 0 heterocycles. The van der Waals surface area contributed by atoms with E-state index in [0.29, 0.717) is 11.3 Å². The molecule has 0 aliphatic carbocycles. The van der Waals surface area contributed by atoms with Gasteiger partial charge in [-0.1, -0.05) is 0 Å². The molecule has 1 aromatic rings. The van der Waals surface area contributed by atoms with Crippen molar-refractivity contribution < 1.29 is 14.6 Å². The molecule has 1 aromatic carbocycles. The minimum atomic E-state index is -0.389. The molecule has 0 aliphatic heterocycles. The fourth-order valence-electron chi connectivity index (χ4n) is 0.974. The lowest BCUT2D eigenvalue weighted by Gasteiger charge is -2.04. The van der Waals surface area contributed by atoms with E-state index in [1.165, 1.54) is 7.11 Å². The predicted octanol–water partition coefficient (Wildman–Crippen LogP) is 1.91. The van der Waals surface area contributed by atoms with Crippen molar-refractivity contribution in [1.82, 2.24) is 0 Å². The molecule has 0 fully saturated rings. The van der Waals surface area contributed by atoms with Crippen LogP contribution in [0.5, 0.6) is 0 Å². The molecule has 4 nitrogen and oxygen atoms in total. The fraction of sp³-hybridized carbons (Fsp3) is 0.100. The molecule has 0 amide bonds. The Bertz CT molecular complexity index is 343. The normalized spacial score (nSPS) is 9.21. The van der Waals surface area contributed by atoms with E-state index in [2.05, 4.69) is 16.6 Å². The van der Waals surface area contributed by atoms with Gasteiger partial charge in [0.25, 0.3) is 0 Å². The lowest BCUT2D eigenvalue weighted by Crippen LogP contribution is -2.01. The van der Waals surface area contributed by atoms with Crippen molar-refractivity contribution in [3.05, 3.63) is 42.3 Å². The average Bonchev–Trinajstić information content (AvgIpc) is 2.17. The number of benzene rings is 1. The van der Waals surface area contributed by atoms with E-state index in [-0.39, 0.29) is 11.9 Å². The minimum absolute atomic E-state index is 0.143. The number of ether oxygens (including phenoxy) is 1. The Morgan fingerprint density at radius 2 is 2.00 bits per heavy atom. The molecule has 0 aromatic heterocycles. The molecule has 2 N–H and O–H groups in total. The molecule has 0 spiro atoms. The van der Waals surface area contributed by atoms with Gasteiger partial charge in [0.2, 0.25) is 0 Å². The zero-order valence-electron chi connectivity index (χ0n) is 7.78. The molecule has 0 saturated carbocycles. The van der Waals surface area contributed by atoms with E-state index in [1.807, 2.05) is 0 Å². The highest BCUT2D eigenvalue weighted by Crippen LogP contribution is 2.11. The largest absolute Gasteiger partial charge is 0.495 e. The molecular formula is C10H11NO3. The lowest BCUT2D eigenvalue weighted by atomic mass is 10.2. The summed E-state index contributed by atoms with van der Waals surface area (Å²) in [5.41, 5.74) is 1.12. The summed E-state index contributed by atoms with van der Waals surface area (Å²) in [5, 5.41) is 11.4. The Balaban J connectivity index is 2.78. The standard InChI is InChI=1S/C10H11NO3/c1-7(12)11-9-5-3-8(4-6-9)10(13)14-2/h3-6,11-12H,1H2,2H3. The second kappa shape index (κ2) is 4.32. The van der Waals surface area contributed by atoms with Crippen LogP contribution in [0.2, 0.25) is 0 Å². The summed E-state index contributed by atoms with van der Waals surface area (Å²) in [6, 6.07) is 6.48. The van der Waals surface area contributed by atoms with Crippen molar-refractivity contribution in [2.45, 2.75) is 0 Å². The van der Waals surface area contributed by atoms with Gasteiger partial charge < -0.3 is 15.2 Å². The topological polar surface area (TPSA) is 58.6 Å². The minimum Gasteiger partial charge on any atom is -0.495 e. The molecule has 0 bridgehead atoms. The van der Waals surface area contributed by atoms with Crippen LogP contribution < -0.4 is 5.32 Å². The number of esters is 1. The summed E-state index contributed by atoms with van der Waals surface area (Å²) >= 11 is 0. The third-order valence-electron chi connectivity index (χ3n) is 1.59. The maximum absolute atomic E-state index is 11.0. The summed E-state index contributed by atoms with van der Waals surface area (Å²) in [6.45, 7) is 3.28. The van der Waals surface area contributed by atoms with Crippen molar-refractivity contribution in [3.63, 3.8) is 0 Å². The summed E-state index contributed by atoms with van der Waals surface area (Å²) in [6.07, 6.45) is 0. The van der Waals surface area contributed by atoms with Gasteiger partial charge in [0, 0.05) is 5.69 Å². The van der Waals surface area contributed by atoms with Crippen molar-refractivity contribution in [1.29, 1.82) is 0 Å². The maximum Gasteiger partial charge on any atom is 0.337 e. The number of nitrogens with one attached hydrogen (secondary N) is 1. The Labute approximate surface area is 81.8 Å². The number of carbonyl (C=O) groups is 1. The first-order chi connectivity index (χ1) is 6.63. The SMILES string of the molecule is C=C(O)Nc1ccc(C(=O)OC)cc1. The van der Waals surface area contributed by atoms with Crippen molar-refractivity contribution in [2.24, 2.45) is 0 Å². The molecule has 0 saturated heterocycles. The van der Waals surface area contributed by atoms with E-state index < -0.39 is 0 Å². The van der Waals surface area contributed by atoms with Gasteiger partial charge in [0.05, 0.1) is 12.7 Å². The van der Waals surface area contributed by atoms with Gasteiger partial charge in [-0.3, -0.25) is 0 Å². The van der Waals surface area contributed by atoms with Crippen LogP contribution in [0.4, 0.5) is 5.69 Å². The number of hydrogen-bond donors (Lipinski definition) is 2. The van der Waals surface area contributed by atoms with E-state index in [0.717, 1.165) is 0 Å². The molecule has 0 radical (unpaired) electrons. The summed E-state index contributed by atoms with van der Waals surface area (Å²) in [4.78, 5) is 11.0. The van der Waals surface area contributed by atoms with Gasteiger partial charge in [-0.2, -0.15) is 0 Å². The van der Waals surface area contributed by atoms with Crippen LogP contribution >= 0.6 is 0 Å². The van der Waals surface area contributed by atoms with E-state index >= 15 is 0 Å². The average molecular weight is 193 g/mol. The molecule has 14 heavy (non-hydrogen) atoms. The number of anilines is 1. The summed E-state index contributed by atoms with van der Waals surface area (Å²) in [7, 11) is 1.32. The number of aliphatic hydroxyl groups excluding tert-OH is 1. The van der Waals surface area contributed by atoms with Gasteiger partial charge >= 0.3 is 5.97 Å². The smallest absolute Gasteiger partial charge is 0.337 e. The molecule has 74 valence electrons. The van der Waals surface area contributed by atoms with E-state index in [1.54, 1.807) is 24.3 Å². The van der Waals surface area contributed by atoms with Crippen molar-refractivity contribution in [2.75, 3.05) is 12.4 Å². The molecule has 4 heteroatoms. The highest BCUT2D eigenvalue weighted by Gasteiger charge is 2.03. The van der Waals surface area contributed by atoms with Gasteiger partial charge in [-0.25, -0.2) is 4.79 Å². The Morgan fingerprint density at radius 3 is 2.43 bits per heavy atom. The Kier molecular flexibility index (Phi) is 3.12. The third kappa shape index (κ3) is 2.52. The van der Waals surface area contributed by atoms with Crippen LogP contribution in [0.3, 0.4) is 0 Å². The first kappa shape index (κ1) is 10.1. The lowest BCUT2D eigenvalue weighted by molar-refractivity contribution is 0.0601. The molecule has 0 unspecified atom stereocenters. The maximum atomic E-state index is 11.0. The zero-order valence-corrected chi connectivity index (χ0v) is 7.78. The van der Waals surface area contributed by atoms with Gasteiger partial charge in [0.15, 0.2) is 5.88 Å². The first-order valence-electron chi connectivity index (χ1n) is 3.97. The number of carbonyl (C=O) groups excluding carboxylic acids is 1. The highest BCUT2D eigenvalue weighted by atomic mass is 16.5.